The van der Waals surface area contributed by atoms with Crippen molar-refractivity contribution in [3.8, 4) is 0 Å². The second-order valence-electron chi connectivity index (χ2n) is 8.86. The first-order valence-electron chi connectivity index (χ1n) is 9.02. The average Bonchev–Trinajstić information content (AvgIpc) is 3.21. The monoisotopic (exact) mass is 312 g/mol. The molecule has 122 valence electrons. The molecule has 4 fully saturated rings. The van der Waals surface area contributed by atoms with Crippen LogP contribution in [0.3, 0.4) is 0 Å². The van der Waals surface area contributed by atoms with E-state index in [1.807, 2.05) is 6.08 Å². The zero-order valence-corrected chi connectivity index (χ0v) is 13.9. The largest absolute Gasteiger partial charge is 0.365 e. The number of carbonyl (C=O) groups is 2. The van der Waals surface area contributed by atoms with Crippen molar-refractivity contribution in [2.75, 3.05) is 6.61 Å². The molecule has 0 aromatic rings. The molecular formula is C20H24O3. The fourth-order valence-electron chi connectivity index (χ4n) is 6.58. The molecule has 5 rings (SSSR count). The Labute approximate surface area is 137 Å². The summed E-state index contributed by atoms with van der Waals surface area (Å²) in [4.78, 5) is 24.4. The third kappa shape index (κ3) is 1.60. The van der Waals surface area contributed by atoms with Gasteiger partial charge in [0.1, 0.15) is 11.4 Å². The molecule has 4 aliphatic carbocycles. The van der Waals surface area contributed by atoms with Crippen molar-refractivity contribution in [2.45, 2.75) is 51.6 Å². The molecule has 0 aromatic carbocycles. The standard InChI is InChI=1S/C20H24O3/c1-18-7-5-12(21)9-16(18)20(11-23-20)10-13-14-3-4-17(22)19(14,2)8-6-15(13)18/h5,7,9,13-15H,3-4,6,8,10-11H2,1-2H3/t13?,14?,15?,18-,19+,20?/m1/s1. The maximum Gasteiger partial charge on any atom is 0.178 e. The third-order valence-corrected chi connectivity index (χ3v) is 7.93. The van der Waals surface area contributed by atoms with E-state index < -0.39 is 0 Å². The first kappa shape index (κ1) is 14.2. The maximum absolute atomic E-state index is 12.5. The molecule has 23 heavy (non-hydrogen) atoms. The number of epoxide rings is 1. The summed E-state index contributed by atoms with van der Waals surface area (Å²) in [5, 5.41) is 0. The summed E-state index contributed by atoms with van der Waals surface area (Å²) >= 11 is 0. The number of ketones is 2. The average molecular weight is 312 g/mol. The molecule has 6 atom stereocenters. The van der Waals surface area contributed by atoms with Gasteiger partial charge in [0.25, 0.3) is 0 Å². The Bertz CT molecular complexity index is 683. The lowest BCUT2D eigenvalue weighted by Crippen LogP contribution is -2.54. The van der Waals surface area contributed by atoms with Crippen molar-refractivity contribution in [3.63, 3.8) is 0 Å². The Morgan fingerprint density at radius 1 is 1.17 bits per heavy atom. The van der Waals surface area contributed by atoms with Gasteiger partial charge in [-0.25, -0.2) is 0 Å². The molecule has 1 heterocycles. The summed E-state index contributed by atoms with van der Waals surface area (Å²) in [6.45, 7) is 5.25. The van der Waals surface area contributed by atoms with E-state index in [1.165, 1.54) is 5.57 Å². The molecule has 1 aliphatic heterocycles. The maximum atomic E-state index is 12.5. The van der Waals surface area contributed by atoms with Crippen molar-refractivity contribution in [2.24, 2.45) is 28.6 Å². The molecule has 1 spiro atoms. The van der Waals surface area contributed by atoms with E-state index in [0.717, 1.165) is 38.7 Å². The molecule has 0 aromatic heterocycles. The van der Waals surface area contributed by atoms with Crippen molar-refractivity contribution < 1.29 is 14.3 Å². The molecule has 3 nitrogen and oxygen atoms in total. The second kappa shape index (κ2) is 4.05. The molecule has 1 saturated heterocycles. The Morgan fingerprint density at radius 2 is 1.96 bits per heavy atom. The van der Waals surface area contributed by atoms with Gasteiger partial charge >= 0.3 is 0 Å². The zero-order chi connectivity index (χ0) is 16.0. The Hall–Kier alpha value is -1.22. The first-order valence-corrected chi connectivity index (χ1v) is 9.02. The van der Waals surface area contributed by atoms with E-state index in [2.05, 4.69) is 19.9 Å². The van der Waals surface area contributed by atoms with E-state index >= 15 is 0 Å². The summed E-state index contributed by atoms with van der Waals surface area (Å²) in [5.41, 5.74) is 0.829. The highest BCUT2D eigenvalue weighted by Crippen LogP contribution is 2.68. The SMILES string of the molecule is C[C@]12C=CC(=O)C=C1C1(CO1)CC1C2CC[C@]2(C)C(=O)CCC12. The van der Waals surface area contributed by atoms with Crippen LogP contribution in [0.15, 0.2) is 23.8 Å². The number of hydrogen-bond acceptors (Lipinski definition) is 3. The minimum Gasteiger partial charge on any atom is -0.365 e. The highest BCUT2D eigenvalue weighted by Gasteiger charge is 2.67. The van der Waals surface area contributed by atoms with Crippen molar-refractivity contribution in [3.05, 3.63) is 23.8 Å². The molecule has 4 unspecified atom stereocenters. The molecular weight excluding hydrogens is 288 g/mol. The normalized spacial score (nSPS) is 53.7. The van der Waals surface area contributed by atoms with Crippen LogP contribution >= 0.6 is 0 Å². The van der Waals surface area contributed by atoms with Crippen LogP contribution in [0.2, 0.25) is 0 Å². The lowest BCUT2D eigenvalue weighted by Gasteiger charge is -2.57. The lowest BCUT2D eigenvalue weighted by atomic mass is 9.46. The molecule has 3 saturated carbocycles. The molecule has 0 bridgehead atoms. The minimum absolute atomic E-state index is 0.0692. The van der Waals surface area contributed by atoms with E-state index in [0.29, 0.717) is 23.5 Å². The van der Waals surface area contributed by atoms with Gasteiger partial charge in [-0.2, -0.15) is 0 Å². The summed E-state index contributed by atoms with van der Waals surface area (Å²) in [6, 6.07) is 0. The van der Waals surface area contributed by atoms with Gasteiger partial charge in [0, 0.05) is 17.3 Å². The number of fused-ring (bicyclic) bond motifs is 6. The summed E-state index contributed by atoms with van der Waals surface area (Å²) in [6.07, 6.45) is 10.6. The van der Waals surface area contributed by atoms with Gasteiger partial charge in [-0.1, -0.05) is 19.9 Å². The van der Waals surface area contributed by atoms with Gasteiger partial charge in [-0.05, 0) is 61.2 Å². The number of rotatable bonds is 0. The van der Waals surface area contributed by atoms with Gasteiger partial charge in [0.2, 0.25) is 0 Å². The smallest absolute Gasteiger partial charge is 0.178 e. The number of hydrogen-bond donors (Lipinski definition) is 0. The van der Waals surface area contributed by atoms with Crippen LogP contribution in [-0.4, -0.2) is 23.8 Å². The van der Waals surface area contributed by atoms with Gasteiger partial charge in [0.15, 0.2) is 5.78 Å². The van der Waals surface area contributed by atoms with E-state index in [9.17, 15) is 9.59 Å². The lowest BCUT2D eigenvalue weighted by molar-refractivity contribution is -0.132. The minimum atomic E-state index is -0.208. The van der Waals surface area contributed by atoms with Gasteiger partial charge in [0.05, 0.1) is 6.61 Å². The fraction of sp³-hybridized carbons (Fsp3) is 0.700. The fourth-order valence-corrected chi connectivity index (χ4v) is 6.58. The van der Waals surface area contributed by atoms with Crippen molar-refractivity contribution in [1.82, 2.24) is 0 Å². The molecule has 0 radical (unpaired) electrons. The molecule has 0 amide bonds. The van der Waals surface area contributed by atoms with Crippen LogP contribution < -0.4 is 0 Å². The van der Waals surface area contributed by atoms with Gasteiger partial charge in [-0.15, -0.1) is 0 Å². The first-order chi connectivity index (χ1) is 10.9. The van der Waals surface area contributed by atoms with E-state index in [4.69, 9.17) is 4.74 Å². The quantitative estimate of drug-likeness (QED) is 0.645. The van der Waals surface area contributed by atoms with Crippen LogP contribution in [0.25, 0.3) is 0 Å². The molecule has 5 aliphatic rings. The van der Waals surface area contributed by atoms with Crippen molar-refractivity contribution >= 4 is 11.6 Å². The van der Waals surface area contributed by atoms with Gasteiger partial charge in [-0.3, -0.25) is 9.59 Å². The van der Waals surface area contributed by atoms with E-state index in [-0.39, 0.29) is 22.2 Å². The zero-order valence-electron chi connectivity index (χ0n) is 13.9. The topological polar surface area (TPSA) is 46.7 Å². The Balaban J connectivity index is 1.61. The number of ether oxygens (including phenoxy) is 1. The highest BCUT2D eigenvalue weighted by molar-refractivity contribution is 6.01. The van der Waals surface area contributed by atoms with Crippen molar-refractivity contribution in [1.29, 1.82) is 0 Å². The van der Waals surface area contributed by atoms with Crippen LogP contribution in [0.4, 0.5) is 0 Å². The Kier molecular flexibility index (Phi) is 2.49. The summed E-state index contributed by atoms with van der Waals surface area (Å²) < 4.78 is 5.94. The molecule has 3 heteroatoms. The Morgan fingerprint density at radius 3 is 2.70 bits per heavy atom. The second-order valence-corrected chi connectivity index (χ2v) is 8.86. The number of carbonyl (C=O) groups excluding carboxylic acids is 2. The predicted octanol–water partition coefficient (Wildman–Crippen LogP) is 3.24. The van der Waals surface area contributed by atoms with E-state index in [1.54, 1.807) is 6.08 Å². The summed E-state index contributed by atoms with van der Waals surface area (Å²) in [5.74, 6) is 2.16. The highest BCUT2D eigenvalue weighted by atomic mass is 16.6. The summed E-state index contributed by atoms with van der Waals surface area (Å²) in [7, 11) is 0. The van der Waals surface area contributed by atoms with Gasteiger partial charge < -0.3 is 4.74 Å². The van der Waals surface area contributed by atoms with Crippen LogP contribution in [0, 0.1) is 28.6 Å². The number of allylic oxidation sites excluding steroid dienone is 3. The van der Waals surface area contributed by atoms with Crippen LogP contribution in [-0.2, 0) is 14.3 Å². The third-order valence-electron chi connectivity index (χ3n) is 7.93. The van der Waals surface area contributed by atoms with Crippen LogP contribution in [0.5, 0.6) is 0 Å². The molecule has 0 N–H and O–H groups in total. The predicted molar refractivity (Wildman–Crippen MR) is 85.7 cm³/mol. The van der Waals surface area contributed by atoms with Crippen LogP contribution in [0.1, 0.15) is 46.0 Å². The number of Topliss-reactive ketones (excluding diaryl/α,β-unsaturated/α-hetero) is 1.